The molecule has 6 heteroatoms. The summed E-state index contributed by atoms with van der Waals surface area (Å²) in [6, 6.07) is 8.88. The standard InChI is InChI=1S/C15H13ClFNO3/c1-20-15(19)11-4-3-10(18)7-14(11)21-8-9-2-5-13(17)12(16)6-9/h2-7H,8,18H2,1H3. The van der Waals surface area contributed by atoms with Crippen molar-refractivity contribution in [3.05, 3.63) is 58.4 Å². The van der Waals surface area contributed by atoms with Crippen molar-refractivity contribution >= 4 is 23.3 Å². The minimum Gasteiger partial charge on any atom is -0.488 e. The molecule has 0 spiro atoms. The smallest absolute Gasteiger partial charge is 0.341 e. The molecule has 0 heterocycles. The fourth-order valence-electron chi connectivity index (χ4n) is 1.73. The van der Waals surface area contributed by atoms with Crippen LogP contribution in [0.4, 0.5) is 10.1 Å². The van der Waals surface area contributed by atoms with E-state index in [-0.39, 0.29) is 17.2 Å². The van der Waals surface area contributed by atoms with E-state index in [2.05, 4.69) is 4.74 Å². The molecule has 0 radical (unpaired) electrons. The Labute approximate surface area is 126 Å². The lowest BCUT2D eigenvalue weighted by Gasteiger charge is -2.11. The minimum absolute atomic E-state index is 0.0110. The van der Waals surface area contributed by atoms with E-state index in [1.807, 2.05) is 0 Å². The van der Waals surface area contributed by atoms with Crippen LogP contribution in [0.15, 0.2) is 36.4 Å². The number of rotatable bonds is 4. The van der Waals surface area contributed by atoms with Gasteiger partial charge in [0.25, 0.3) is 0 Å². The number of hydrogen-bond donors (Lipinski definition) is 1. The largest absolute Gasteiger partial charge is 0.488 e. The Kier molecular flexibility index (Phi) is 4.65. The maximum Gasteiger partial charge on any atom is 0.341 e. The van der Waals surface area contributed by atoms with Crippen LogP contribution in [0.25, 0.3) is 0 Å². The van der Waals surface area contributed by atoms with Gasteiger partial charge in [-0.25, -0.2) is 9.18 Å². The molecule has 0 aliphatic rings. The van der Waals surface area contributed by atoms with Crippen LogP contribution in [-0.4, -0.2) is 13.1 Å². The molecule has 21 heavy (non-hydrogen) atoms. The van der Waals surface area contributed by atoms with E-state index < -0.39 is 11.8 Å². The van der Waals surface area contributed by atoms with E-state index in [0.29, 0.717) is 17.0 Å². The highest BCUT2D eigenvalue weighted by Gasteiger charge is 2.13. The molecule has 0 amide bonds. The molecule has 110 valence electrons. The van der Waals surface area contributed by atoms with Crippen LogP contribution in [0.5, 0.6) is 5.75 Å². The van der Waals surface area contributed by atoms with Gasteiger partial charge < -0.3 is 15.2 Å². The molecule has 0 bridgehead atoms. The van der Waals surface area contributed by atoms with Gasteiger partial charge in [-0.1, -0.05) is 17.7 Å². The number of halogens is 2. The zero-order valence-electron chi connectivity index (χ0n) is 11.2. The highest BCUT2D eigenvalue weighted by molar-refractivity contribution is 6.30. The van der Waals surface area contributed by atoms with Crippen LogP contribution in [-0.2, 0) is 11.3 Å². The second-order valence-corrected chi connectivity index (χ2v) is 4.69. The number of nitrogens with two attached hydrogens (primary N) is 1. The van der Waals surface area contributed by atoms with Gasteiger partial charge in [0.05, 0.1) is 12.1 Å². The predicted octanol–water partition coefficient (Wildman–Crippen LogP) is 3.43. The minimum atomic E-state index is -0.526. The maximum absolute atomic E-state index is 13.1. The molecule has 2 rings (SSSR count). The Balaban J connectivity index is 2.20. The molecule has 2 N–H and O–H groups in total. The molecular formula is C15H13ClFNO3. The van der Waals surface area contributed by atoms with Gasteiger partial charge >= 0.3 is 5.97 Å². The van der Waals surface area contributed by atoms with Gasteiger partial charge in [0.15, 0.2) is 0 Å². The number of carbonyl (C=O) groups excluding carboxylic acids is 1. The van der Waals surface area contributed by atoms with Crippen molar-refractivity contribution in [2.24, 2.45) is 0 Å². The quantitative estimate of drug-likeness (QED) is 0.694. The van der Waals surface area contributed by atoms with Crippen molar-refractivity contribution in [2.75, 3.05) is 12.8 Å². The van der Waals surface area contributed by atoms with E-state index in [4.69, 9.17) is 22.1 Å². The van der Waals surface area contributed by atoms with Gasteiger partial charge in [0, 0.05) is 11.8 Å². The van der Waals surface area contributed by atoms with Crippen LogP contribution >= 0.6 is 11.6 Å². The highest BCUT2D eigenvalue weighted by Crippen LogP contribution is 2.24. The number of methoxy groups -OCH3 is 1. The van der Waals surface area contributed by atoms with Crippen molar-refractivity contribution in [1.29, 1.82) is 0 Å². The van der Waals surface area contributed by atoms with Gasteiger partial charge in [-0.3, -0.25) is 0 Å². The summed E-state index contributed by atoms with van der Waals surface area (Å²) in [5.74, 6) is -0.732. The molecule has 0 unspecified atom stereocenters. The second kappa shape index (κ2) is 6.45. The van der Waals surface area contributed by atoms with Crippen molar-refractivity contribution in [3.8, 4) is 5.75 Å². The molecule has 0 fully saturated rings. The summed E-state index contributed by atoms with van der Waals surface area (Å²) >= 11 is 5.70. The third kappa shape index (κ3) is 3.64. The summed E-state index contributed by atoms with van der Waals surface area (Å²) in [7, 11) is 1.28. The lowest BCUT2D eigenvalue weighted by molar-refractivity contribution is 0.0595. The maximum atomic E-state index is 13.1. The molecule has 4 nitrogen and oxygen atoms in total. The Morgan fingerprint density at radius 3 is 2.71 bits per heavy atom. The first kappa shape index (κ1) is 15.1. The van der Waals surface area contributed by atoms with Crippen LogP contribution < -0.4 is 10.5 Å². The summed E-state index contributed by atoms with van der Waals surface area (Å²) in [5.41, 5.74) is 7.06. The molecule has 0 atom stereocenters. The van der Waals surface area contributed by atoms with Crippen molar-refractivity contribution in [3.63, 3.8) is 0 Å². The normalized spacial score (nSPS) is 10.2. The number of carbonyl (C=O) groups is 1. The number of ether oxygens (including phenoxy) is 2. The first-order valence-corrected chi connectivity index (χ1v) is 6.43. The average Bonchev–Trinajstić information content (AvgIpc) is 2.48. The first-order valence-electron chi connectivity index (χ1n) is 6.06. The number of esters is 1. The summed E-state index contributed by atoms with van der Waals surface area (Å²) in [6.45, 7) is 0.118. The SMILES string of the molecule is COC(=O)c1ccc(N)cc1OCc1ccc(F)c(Cl)c1. The monoisotopic (exact) mass is 309 g/mol. The second-order valence-electron chi connectivity index (χ2n) is 4.28. The van der Waals surface area contributed by atoms with Crippen molar-refractivity contribution in [1.82, 2.24) is 0 Å². The fourth-order valence-corrected chi connectivity index (χ4v) is 1.93. The third-order valence-electron chi connectivity index (χ3n) is 2.79. The lowest BCUT2D eigenvalue weighted by atomic mass is 10.2. The Morgan fingerprint density at radius 1 is 1.29 bits per heavy atom. The van der Waals surface area contributed by atoms with Gasteiger partial charge in [-0.05, 0) is 29.8 Å². The van der Waals surface area contributed by atoms with Crippen LogP contribution in [0, 0.1) is 5.82 Å². The molecule has 0 saturated carbocycles. The van der Waals surface area contributed by atoms with E-state index in [1.54, 1.807) is 12.1 Å². The summed E-state index contributed by atoms with van der Waals surface area (Å²) in [4.78, 5) is 11.6. The van der Waals surface area contributed by atoms with E-state index in [9.17, 15) is 9.18 Å². The number of benzene rings is 2. The zero-order chi connectivity index (χ0) is 15.4. The molecule has 0 aliphatic carbocycles. The molecule has 2 aromatic carbocycles. The predicted molar refractivity (Wildman–Crippen MR) is 77.9 cm³/mol. The molecule has 2 aromatic rings. The summed E-state index contributed by atoms with van der Waals surface area (Å²) in [5, 5.41) is 0.0110. The Morgan fingerprint density at radius 2 is 2.05 bits per heavy atom. The van der Waals surface area contributed by atoms with Crippen molar-refractivity contribution < 1.29 is 18.7 Å². The van der Waals surface area contributed by atoms with E-state index in [1.165, 1.54) is 31.4 Å². The van der Waals surface area contributed by atoms with E-state index in [0.717, 1.165) is 0 Å². The topological polar surface area (TPSA) is 61.5 Å². The van der Waals surface area contributed by atoms with Crippen LogP contribution in [0.3, 0.4) is 0 Å². The molecule has 0 aromatic heterocycles. The number of hydrogen-bond acceptors (Lipinski definition) is 4. The lowest BCUT2D eigenvalue weighted by Crippen LogP contribution is -2.06. The van der Waals surface area contributed by atoms with E-state index >= 15 is 0 Å². The van der Waals surface area contributed by atoms with Gasteiger partial charge in [-0.15, -0.1) is 0 Å². The Hall–Kier alpha value is -2.27. The Bertz CT molecular complexity index is 676. The van der Waals surface area contributed by atoms with Gasteiger partial charge in [0.1, 0.15) is 23.7 Å². The van der Waals surface area contributed by atoms with Crippen LogP contribution in [0.1, 0.15) is 15.9 Å². The average molecular weight is 310 g/mol. The zero-order valence-corrected chi connectivity index (χ0v) is 12.0. The number of nitrogen functional groups attached to an aromatic ring is 1. The van der Waals surface area contributed by atoms with Crippen LogP contribution in [0.2, 0.25) is 5.02 Å². The molecule has 0 saturated heterocycles. The van der Waals surface area contributed by atoms with Gasteiger partial charge in [0.2, 0.25) is 0 Å². The molecule has 0 aliphatic heterocycles. The summed E-state index contributed by atoms with van der Waals surface area (Å²) < 4.78 is 23.3. The number of anilines is 1. The van der Waals surface area contributed by atoms with Crippen molar-refractivity contribution in [2.45, 2.75) is 6.61 Å². The third-order valence-corrected chi connectivity index (χ3v) is 3.08. The first-order chi connectivity index (χ1) is 10.0. The fraction of sp³-hybridized carbons (Fsp3) is 0.133. The summed E-state index contributed by atoms with van der Waals surface area (Å²) in [6.07, 6.45) is 0. The van der Waals surface area contributed by atoms with Gasteiger partial charge in [-0.2, -0.15) is 0 Å². The molecular weight excluding hydrogens is 297 g/mol. The highest BCUT2D eigenvalue weighted by atomic mass is 35.5.